The van der Waals surface area contributed by atoms with E-state index in [0.717, 1.165) is 43.0 Å². The maximum absolute atomic E-state index is 13.8. The molecule has 1 aliphatic carbocycles. The lowest BCUT2D eigenvalue weighted by Crippen LogP contribution is -2.32. The lowest BCUT2D eigenvalue weighted by Gasteiger charge is -2.26. The van der Waals surface area contributed by atoms with Crippen LogP contribution in [-0.4, -0.2) is 36.3 Å². The van der Waals surface area contributed by atoms with Crippen LogP contribution in [0, 0.1) is 5.92 Å². The van der Waals surface area contributed by atoms with Crippen LogP contribution in [0.25, 0.3) is 10.9 Å². The Morgan fingerprint density at radius 2 is 1.94 bits per heavy atom. The van der Waals surface area contributed by atoms with Gasteiger partial charge in [-0.3, -0.25) is 19.3 Å². The first-order valence-corrected chi connectivity index (χ1v) is 14.0. The summed E-state index contributed by atoms with van der Waals surface area (Å²) in [7, 11) is -3.67. The van der Waals surface area contributed by atoms with Crippen molar-refractivity contribution in [3.8, 4) is 0 Å². The molecule has 9 heteroatoms. The summed E-state index contributed by atoms with van der Waals surface area (Å²) in [5.41, 5.74) is 3.06. The number of pyridine rings is 1. The molecule has 1 aliphatic heterocycles. The van der Waals surface area contributed by atoms with Gasteiger partial charge in [0.15, 0.2) is 0 Å². The third-order valence-corrected chi connectivity index (χ3v) is 10.2. The maximum atomic E-state index is 13.8. The van der Waals surface area contributed by atoms with Gasteiger partial charge < -0.3 is 0 Å². The molecule has 1 unspecified atom stereocenters. The molecular formula is C24H31N3O4S2. The summed E-state index contributed by atoms with van der Waals surface area (Å²) in [6.07, 6.45) is 11.3. The summed E-state index contributed by atoms with van der Waals surface area (Å²) in [5.74, 6) is -0.0455. The molecule has 2 atom stereocenters. The number of allylic oxidation sites excluding steroid dienone is 1. The van der Waals surface area contributed by atoms with Crippen LogP contribution >= 0.6 is 11.8 Å². The van der Waals surface area contributed by atoms with Crippen LogP contribution in [0.4, 0.5) is 5.69 Å². The molecule has 2 aromatic rings. The molecule has 0 saturated heterocycles. The molecule has 1 amide bonds. The van der Waals surface area contributed by atoms with Gasteiger partial charge in [-0.05, 0) is 43.7 Å². The van der Waals surface area contributed by atoms with E-state index in [1.807, 2.05) is 36.4 Å². The van der Waals surface area contributed by atoms with Crippen molar-refractivity contribution in [3.63, 3.8) is 0 Å². The number of hydrogen-bond acceptors (Lipinski definition) is 6. The SMILES string of the molecule is O=C(CCCCCCN(c1cnc2ccccc2c1)S(=O)(=O)C1=CC2CCCC[C@@H]2S1)NO. The summed E-state index contributed by atoms with van der Waals surface area (Å²) in [4.78, 5) is 15.7. The molecule has 2 aliphatic rings. The molecule has 1 aromatic carbocycles. The summed E-state index contributed by atoms with van der Waals surface area (Å²) in [6, 6.07) is 9.61. The minimum absolute atomic E-state index is 0.263. The Morgan fingerprint density at radius 1 is 1.15 bits per heavy atom. The summed E-state index contributed by atoms with van der Waals surface area (Å²) in [5, 5.41) is 9.88. The third kappa shape index (κ3) is 5.70. The van der Waals surface area contributed by atoms with Gasteiger partial charge >= 0.3 is 0 Å². The van der Waals surface area contributed by atoms with Crippen LogP contribution in [0.15, 0.2) is 46.8 Å². The fourth-order valence-corrected chi connectivity index (χ4v) is 8.28. The molecule has 0 spiro atoms. The van der Waals surface area contributed by atoms with Crippen LogP contribution < -0.4 is 9.79 Å². The summed E-state index contributed by atoms with van der Waals surface area (Å²) >= 11 is 1.52. The molecule has 1 fully saturated rings. The molecule has 178 valence electrons. The van der Waals surface area contributed by atoms with Gasteiger partial charge in [0, 0.05) is 23.6 Å². The second-order valence-corrected chi connectivity index (χ2v) is 12.1. The lowest BCUT2D eigenvalue weighted by atomic mass is 9.89. The van der Waals surface area contributed by atoms with E-state index in [-0.39, 0.29) is 6.42 Å². The molecule has 4 rings (SSSR count). The maximum Gasteiger partial charge on any atom is 0.270 e. The summed E-state index contributed by atoms with van der Waals surface area (Å²) < 4.78 is 29.6. The first kappa shape index (κ1) is 24.0. The number of carbonyl (C=O) groups is 1. The molecule has 1 aromatic heterocycles. The molecule has 33 heavy (non-hydrogen) atoms. The number of hydrogen-bond donors (Lipinski definition) is 2. The fourth-order valence-electron chi connectivity index (χ4n) is 4.62. The number of nitrogens with zero attached hydrogens (tertiary/aromatic N) is 2. The van der Waals surface area contributed by atoms with Gasteiger partial charge in [-0.2, -0.15) is 0 Å². The average molecular weight is 490 g/mol. The van der Waals surface area contributed by atoms with Crippen molar-refractivity contribution >= 4 is 44.3 Å². The van der Waals surface area contributed by atoms with Crippen LogP contribution in [-0.2, 0) is 14.8 Å². The standard InChI is InChI=1S/C24H31N3O4S2/c28-23(26-29)13-3-1-2-8-14-27(20-15-18-9-4-6-11-21(18)25-17-20)33(30,31)24-16-19-10-5-7-12-22(19)32-24/h4,6,9,11,15-17,19,22,29H,1-3,5,7-8,10,12-14H2,(H,26,28)/t19?,22-/m0/s1. The quantitative estimate of drug-likeness (QED) is 0.278. The number of benzene rings is 1. The monoisotopic (exact) mass is 489 g/mol. The number of aromatic nitrogens is 1. The number of hydroxylamine groups is 1. The van der Waals surface area contributed by atoms with Gasteiger partial charge in [-0.15, -0.1) is 11.8 Å². The zero-order chi connectivity index (χ0) is 23.3. The van der Waals surface area contributed by atoms with Gasteiger partial charge in [0.25, 0.3) is 10.0 Å². The van der Waals surface area contributed by atoms with Crippen LogP contribution in [0.1, 0.15) is 57.8 Å². The van der Waals surface area contributed by atoms with Gasteiger partial charge in [0.2, 0.25) is 5.91 Å². The van der Waals surface area contributed by atoms with E-state index in [2.05, 4.69) is 4.98 Å². The van der Waals surface area contributed by atoms with Gasteiger partial charge in [-0.1, -0.05) is 50.0 Å². The predicted molar refractivity (Wildman–Crippen MR) is 132 cm³/mol. The highest BCUT2D eigenvalue weighted by Crippen LogP contribution is 2.47. The Bertz CT molecular complexity index is 1120. The predicted octanol–water partition coefficient (Wildman–Crippen LogP) is 4.97. The second kappa shape index (κ2) is 10.9. The number of amides is 1. The number of rotatable bonds is 10. The Kier molecular flexibility index (Phi) is 7.93. The molecular weight excluding hydrogens is 458 g/mol. The van der Waals surface area contributed by atoms with Crippen molar-refractivity contribution in [3.05, 3.63) is 46.8 Å². The molecule has 2 N–H and O–H groups in total. The first-order valence-electron chi connectivity index (χ1n) is 11.7. The lowest BCUT2D eigenvalue weighted by molar-refractivity contribution is -0.129. The number of para-hydroxylation sites is 1. The highest BCUT2D eigenvalue weighted by atomic mass is 32.3. The number of unbranched alkanes of at least 4 members (excludes halogenated alkanes) is 3. The zero-order valence-corrected chi connectivity index (χ0v) is 20.3. The van der Waals surface area contributed by atoms with Crippen molar-refractivity contribution in [1.29, 1.82) is 0 Å². The fraction of sp³-hybridized carbons (Fsp3) is 0.500. The van der Waals surface area contributed by atoms with E-state index >= 15 is 0 Å². The Morgan fingerprint density at radius 3 is 2.76 bits per heavy atom. The second-order valence-electron chi connectivity index (χ2n) is 8.75. The molecule has 0 bridgehead atoms. The Hall–Kier alpha value is -2.10. The zero-order valence-electron chi connectivity index (χ0n) is 18.7. The van der Waals surface area contributed by atoms with Crippen molar-refractivity contribution < 1.29 is 18.4 Å². The normalized spacial score (nSPS) is 20.3. The number of fused-ring (bicyclic) bond motifs is 2. The molecule has 7 nitrogen and oxygen atoms in total. The van der Waals surface area contributed by atoms with Gasteiger partial charge in [-0.25, -0.2) is 13.9 Å². The Balaban J connectivity index is 1.52. The minimum atomic E-state index is -3.67. The van der Waals surface area contributed by atoms with Crippen molar-refractivity contribution in [1.82, 2.24) is 10.5 Å². The number of anilines is 1. The van der Waals surface area contributed by atoms with Crippen LogP contribution in [0.3, 0.4) is 0 Å². The number of carbonyl (C=O) groups excluding carboxylic acids is 1. The molecule has 2 heterocycles. The Labute approximate surface area is 199 Å². The smallest absolute Gasteiger partial charge is 0.270 e. The number of nitrogens with one attached hydrogen (secondary N) is 1. The van der Waals surface area contributed by atoms with Crippen molar-refractivity contribution in [2.24, 2.45) is 5.92 Å². The van der Waals surface area contributed by atoms with Gasteiger partial charge in [0.1, 0.15) is 4.24 Å². The highest BCUT2D eigenvalue weighted by molar-refractivity contribution is 8.19. The highest BCUT2D eigenvalue weighted by Gasteiger charge is 2.38. The molecule has 0 radical (unpaired) electrons. The average Bonchev–Trinajstić information content (AvgIpc) is 3.28. The van der Waals surface area contributed by atoms with E-state index < -0.39 is 15.9 Å². The van der Waals surface area contributed by atoms with E-state index in [1.54, 1.807) is 11.7 Å². The van der Waals surface area contributed by atoms with Gasteiger partial charge in [0.05, 0.1) is 17.4 Å². The summed E-state index contributed by atoms with van der Waals surface area (Å²) in [6.45, 7) is 0.363. The van der Waals surface area contributed by atoms with Crippen molar-refractivity contribution in [2.45, 2.75) is 63.0 Å². The largest absolute Gasteiger partial charge is 0.289 e. The third-order valence-electron chi connectivity index (χ3n) is 6.42. The van der Waals surface area contributed by atoms with E-state index in [1.165, 1.54) is 22.5 Å². The topological polar surface area (TPSA) is 99.6 Å². The van der Waals surface area contributed by atoms with E-state index in [4.69, 9.17) is 5.21 Å². The van der Waals surface area contributed by atoms with E-state index in [0.29, 0.717) is 40.5 Å². The van der Waals surface area contributed by atoms with Crippen LogP contribution in [0.2, 0.25) is 0 Å². The van der Waals surface area contributed by atoms with Crippen molar-refractivity contribution in [2.75, 3.05) is 10.8 Å². The first-order chi connectivity index (χ1) is 16.0. The number of sulfonamides is 1. The minimum Gasteiger partial charge on any atom is -0.289 e. The number of thioether (sulfide) groups is 1. The van der Waals surface area contributed by atoms with Crippen LogP contribution in [0.5, 0.6) is 0 Å². The van der Waals surface area contributed by atoms with E-state index in [9.17, 15) is 13.2 Å². The molecule has 1 saturated carbocycles.